The zero-order chi connectivity index (χ0) is 15.5. The lowest BCUT2D eigenvalue weighted by Gasteiger charge is -2.22. The molecule has 1 aliphatic rings. The van der Waals surface area contributed by atoms with Gasteiger partial charge in [-0.3, -0.25) is 4.57 Å². The molecule has 22 heavy (non-hydrogen) atoms. The number of nitro groups is 1. The van der Waals surface area contributed by atoms with Gasteiger partial charge in [0.1, 0.15) is 18.9 Å². The number of thioether (sulfide) groups is 1. The van der Waals surface area contributed by atoms with E-state index in [1.165, 1.54) is 18.0 Å². The minimum atomic E-state index is -0.546. The maximum atomic E-state index is 10.7. The first-order valence-corrected chi connectivity index (χ1v) is 7.69. The summed E-state index contributed by atoms with van der Waals surface area (Å²) in [5, 5.41) is 11.4. The van der Waals surface area contributed by atoms with Crippen molar-refractivity contribution in [3.63, 3.8) is 0 Å². The second-order valence-corrected chi connectivity index (χ2v) is 5.39. The van der Waals surface area contributed by atoms with E-state index < -0.39 is 4.92 Å². The highest BCUT2D eigenvalue weighted by molar-refractivity contribution is 7.98. The Kier molecular flexibility index (Phi) is 4.20. The lowest BCUT2D eigenvalue weighted by molar-refractivity contribution is -0.389. The Morgan fingerprint density at radius 1 is 1.55 bits per heavy atom. The van der Waals surface area contributed by atoms with Crippen LogP contribution in [0.25, 0.3) is 0 Å². The number of imidazole rings is 1. The molecule has 0 saturated heterocycles. The van der Waals surface area contributed by atoms with Crippen LogP contribution in [-0.4, -0.2) is 43.4 Å². The van der Waals surface area contributed by atoms with Crippen molar-refractivity contribution in [2.24, 2.45) is 0 Å². The molecule has 3 heterocycles. The van der Waals surface area contributed by atoms with E-state index >= 15 is 0 Å². The smallest absolute Gasteiger partial charge is 0.414 e. The molecule has 0 saturated carbocycles. The zero-order valence-corrected chi connectivity index (χ0v) is 12.5. The van der Waals surface area contributed by atoms with Crippen LogP contribution in [0.15, 0.2) is 23.7 Å². The van der Waals surface area contributed by atoms with Crippen LogP contribution in [0.4, 0.5) is 5.82 Å². The summed E-state index contributed by atoms with van der Waals surface area (Å²) in [5.41, 5.74) is 0.861. The molecule has 10 heteroatoms. The summed E-state index contributed by atoms with van der Waals surface area (Å²) in [6.45, 7) is 1.12. The van der Waals surface area contributed by atoms with Gasteiger partial charge in [-0.15, -0.1) is 0 Å². The van der Waals surface area contributed by atoms with Crippen molar-refractivity contribution in [2.75, 3.05) is 12.9 Å². The van der Waals surface area contributed by atoms with Crippen LogP contribution in [0.1, 0.15) is 5.56 Å². The third-order valence-corrected chi connectivity index (χ3v) is 3.64. The molecule has 1 aliphatic heterocycles. The number of aromatic nitrogens is 4. The largest absolute Gasteiger partial charge is 0.443 e. The van der Waals surface area contributed by atoms with Crippen molar-refractivity contribution in [1.82, 2.24) is 19.5 Å². The lowest BCUT2D eigenvalue weighted by atomic mass is 10.3. The minimum absolute atomic E-state index is 0.207. The van der Waals surface area contributed by atoms with Gasteiger partial charge in [0.05, 0.1) is 13.2 Å². The summed E-state index contributed by atoms with van der Waals surface area (Å²) >= 11 is 1.47. The number of hydrogen-bond donors (Lipinski definition) is 0. The molecule has 3 rings (SSSR count). The van der Waals surface area contributed by atoms with E-state index in [0.717, 1.165) is 5.56 Å². The highest BCUT2D eigenvalue weighted by Crippen LogP contribution is 2.22. The maximum Gasteiger partial charge on any atom is 0.414 e. The van der Waals surface area contributed by atoms with Crippen LogP contribution < -0.4 is 4.74 Å². The molecule has 0 radical (unpaired) electrons. The summed E-state index contributed by atoms with van der Waals surface area (Å²) in [7, 11) is 0. The Morgan fingerprint density at radius 2 is 2.32 bits per heavy atom. The lowest BCUT2D eigenvalue weighted by Crippen LogP contribution is -2.32. The van der Waals surface area contributed by atoms with Crippen LogP contribution in [0.2, 0.25) is 0 Å². The normalized spacial score (nSPS) is 16.9. The van der Waals surface area contributed by atoms with E-state index in [4.69, 9.17) is 9.47 Å². The summed E-state index contributed by atoms with van der Waals surface area (Å²) in [5.74, 6) is -0.225. The van der Waals surface area contributed by atoms with Crippen LogP contribution in [0, 0.1) is 10.1 Å². The van der Waals surface area contributed by atoms with Gasteiger partial charge >= 0.3 is 11.8 Å². The number of ether oxygens (including phenoxy) is 2. The fourth-order valence-corrected chi connectivity index (χ4v) is 2.31. The van der Waals surface area contributed by atoms with Crippen molar-refractivity contribution in [3.8, 4) is 6.01 Å². The van der Waals surface area contributed by atoms with Crippen LogP contribution in [0.3, 0.4) is 0 Å². The molecule has 0 fully saturated rings. The van der Waals surface area contributed by atoms with Gasteiger partial charge in [0.15, 0.2) is 5.16 Å². The van der Waals surface area contributed by atoms with Gasteiger partial charge in [-0.2, -0.15) is 0 Å². The van der Waals surface area contributed by atoms with Gasteiger partial charge in [-0.25, -0.2) is 9.97 Å². The Bertz CT molecular complexity index is 675. The molecule has 116 valence electrons. The average Bonchev–Trinajstić information content (AvgIpc) is 2.97. The standard InChI is InChI=1S/C12H13N5O4S/c1-22-11-13-2-8(3-14-11)6-20-9-4-16-5-10(17(18)19)15-12(16)21-7-9/h2-3,5,9H,4,6-7H2,1H3/t9-/m0/s1. The summed E-state index contributed by atoms with van der Waals surface area (Å²) in [4.78, 5) is 22.3. The second kappa shape index (κ2) is 6.28. The molecule has 0 aromatic carbocycles. The quantitative estimate of drug-likeness (QED) is 0.351. The SMILES string of the molecule is CSc1ncc(CO[C@@H]2COc3nc([N+](=O)[O-])cn3C2)cn1. The van der Waals surface area contributed by atoms with Gasteiger partial charge in [0, 0.05) is 22.9 Å². The van der Waals surface area contributed by atoms with Crippen molar-refractivity contribution >= 4 is 17.6 Å². The van der Waals surface area contributed by atoms with E-state index in [1.807, 2.05) is 6.26 Å². The molecule has 0 bridgehead atoms. The predicted molar refractivity (Wildman–Crippen MR) is 76.8 cm³/mol. The molecule has 2 aromatic heterocycles. The summed E-state index contributed by atoms with van der Waals surface area (Å²) in [6.07, 6.45) is 6.49. The molecule has 0 spiro atoms. The molecule has 9 nitrogen and oxygen atoms in total. The third-order valence-electron chi connectivity index (χ3n) is 3.06. The van der Waals surface area contributed by atoms with Crippen LogP contribution in [-0.2, 0) is 17.9 Å². The highest BCUT2D eigenvalue weighted by Gasteiger charge is 2.28. The second-order valence-electron chi connectivity index (χ2n) is 4.61. The highest BCUT2D eigenvalue weighted by atomic mass is 32.2. The first-order chi connectivity index (χ1) is 10.7. The minimum Gasteiger partial charge on any atom is -0.443 e. The van der Waals surface area contributed by atoms with Gasteiger partial charge in [-0.1, -0.05) is 11.8 Å². The van der Waals surface area contributed by atoms with Crippen molar-refractivity contribution in [2.45, 2.75) is 24.4 Å². The Labute approximate surface area is 129 Å². The first kappa shape index (κ1) is 14.7. The van der Waals surface area contributed by atoms with E-state index in [2.05, 4.69) is 15.0 Å². The molecular weight excluding hydrogens is 310 g/mol. The van der Waals surface area contributed by atoms with E-state index in [-0.39, 0.29) is 17.9 Å². The summed E-state index contributed by atoms with van der Waals surface area (Å²) in [6, 6.07) is 0.249. The molecule has 0 N–H and O–H groups in total. The zero-order valence-electron chi connectivity index (χ0n) is 11.7. The van der Waals surface area contributed by atoms with E-state index in [9.17, 15) is 10.1 Å². The van der Waals surface area contributed by atoms with Gasteiger partial charge < -0.3 is 19.6 Å². The maximum absolute atomic E-state index is 10.7. The number of rotatable bonds is 5. The Morgan fingerprint density at radius 3 is 3.00 bits per heavy atom. The van der Waals surface area contributed by atoms with Gasteiger partial charge in [0.25, 0.3) is 0 Å². The van der Waals surface area contributed by atoms with Gasteiger partial charge in [0.2, 0.25) is 0 Å². The van der Waals surface area contributed by atoms with Crippen molar-refractivity contribution < 1.29 is 14.4 Å². The van der Waals surface area contributed by atoms with E-state index in [0.29, 0.717) is 24.9 Å². The Hall–Kier alpha value is -2.20. The molecule has 0 amide bonds. The molecule has 2 aromatic rings. The average molecular weight is 323 g/mol. The predicted octanol–water partition coefficient (Wildman–Crippen LogP) is 1.28. The molecule has 1 atom stereocenters. The fraction of sp³-hybridized carbons (Fsp3) is 0.417. The first-order valence-electron chi connectivity index (χ1n) is 6.46. The monoisotopic (exact) mass is 323 g/mol. The van der Waals surface area contributed by atoms with E-state index in [1.54, 1.807) is 17.0 Å². The molecule has 0 aliphatic carbocycles. The topological polar surface area (TPSA) is 105 Å². The fourth-order valence-electron chi connectivity index (χ4n) is 2.00. The Balaban J connectivity index is 1.58. The summed E-state index contributed by atoms with van der Waals surface area (Å²) < 4.78 is 12.7. The van der Waals surface area contributed by atoms with Crippen molar-refractivity contribution in [1.29, 1.82) is 0 Å². The number of nitrogens with zero attached hydrogens (tertiary/aromatic N) is 5. The molecule has 0 unspecified atom stereocenters. The van der Waals surface area contributed by atoms with Crippen molar-refractivity contribution in [3.05, 3.63) is 34.3 Å². The van der Waals surface area contributed by atoms with Crippen LogP contribution in [0.5, 0.6) is 6.01 Å². The number of fused-ring (bicyclic) bond motifs is 1. The third kappa shape index (κ3) is 3.17. The molecular formula is C12H13N5O4S. The number of hydrogen-bond acceptors (Lipinski definition) is 8. The van der Waals surface area contributed by atoms with Crippen LogP contribution >= 0.6 is 11.8 Å². The van der Waals surface area contributed by atoms with Gasteiger partial charge in [-0.05, 0) is 11.2 Å².